The molecule has 1 aliphatic rings. The molecule has 0 atom stereocenters. The van der Waals surface area contributed by atoms with Gasteiger partial charge >= 0.3 is 0 Å². The second-order valence-electron chi connectivity index (χ2n) is 7.20. The molecule has 0 aliphatic carbocycles. The number of halogens is 1. The molecule has 1 amide bonds. The number of benzene rings is 2. The van der Waals surface area contributed by atoms with Crippen LogP contribution in [0, 0.1) is 0 Å². The molecule has 0 saturated carbocycles. The van der Waals surface area contributed by atoms with Crippen LogP contribution < -0.4 is 15.0 Å². The Labute approximate surface area is 180 Å². The quantitative estimate of drug-likeness (QED) is 0.623. The van der Waals surface area contributed by atoms with Gasteiger partial charge in [0.1, 0.15) is 5.75 Å². The Bertz CT molecular complexity index is 1020. The predicted molar refractivity (Wildman–Crippen MR) is 119 cm³/mol. The summed E-state index contributed by atoms with van der Waals surface area (Å²) in [5.74, 6) is 1.14. The number of nitrogens with zero attached hydrogens (tertiary/aromatic N) is 3. The van der Waals surface area contributed by atoms with E-state index in [9.17, 15) is 4.79 Å². The van der Waals surface area contributed by atoms with Crippen molar-refractivity contribution in [1.82, 2.24) is 9.97 Å². The number of hydrogen-bond acceptors (Lipinski definition) is 5. The fourth-order valence-electron chi connectivity index (χ4n) is 3.49. The summed E-state index contributed by atoms with van der Waals surface area (Å²) in [5.41, 5.74) is 3.04. The van der Waals surface area contributed by atoms with Gasteiger partial charge in [0.15, 0.2) is 0 Å². The molecule has 6 nitrogen and oxygen atoms in total. The van der Waals surface area contributed by atoms with Gasteiger partial charge in [-0.05, 0) is 55.2 Å². The minimum atomic E-state index is -0.209. The van der Waals surface area contributed by atoms with Gasteiger partial charge < -0.3 is 15.0 Å². The molecule has 0 spiro atoms. The number of piperidine rings is 1. The number of ether oxygens (including phenoxy) is 1. The fraction of sp³-hybridized carbons (Fsp3) is 0.261. The Hall–Kier alpha value is -3.12. The van der Waals surface area contributed by atoms with Gasteiger partial charge in [0.05, 0.1) is 12.1 Å². The number of hydrogen-bond donors (Lipinski definition) is 1. The van der Waals surface area contributed by atoms with Crippen molar-refractivity contribution >= 4 is 29.1 Å². The molecule has 2 aromatic carbocycles. The molecular weight excluding hydrogens is 400 g/mol. The summed E-state index contributed by atoms with van der Waals surface area (Å²) in [5, 5.41) is 3.29. The lowest BCUT2D eigenvalue weighted by Gasteiger charge is -2.26. The molecule has 1 N–H and O–H groups in total. The van der Waals surface area contributed by atoms with Gasteiger partial charge in [0.25, 0.3) is 5.91 Å². The van der Waals surface area contributed by atoms with Crippen molar-refractivity contribution in [1.29, 1.82) is 0 Å². The average molecular weight is 423 g/mol. The Balaban J connectivity index is 1.43. The number of carbonyl (C=O) groups is 1. The van der Waals surface area contributed by atoms with E-state index in [0.29, 0.717) is 22.0 Å². The summed E-state index contributed by atoms with van der Waals surface area (Å²) in [6, 6.07) is 12.5. The van der Waals surface area contributed by atoms with E-state index < -0.39 is 0 Å². The van der Waals surface area contributed by atoms with E-state index in [-0.39, 0.29) is 5.91 Å². The van der Waals surface area contributed by atoms with E-state index in [2.05, 4.69) is 20.2 Å². The lowest BCUT2D eigenvalue weighted by Crippen LogP contribution is -2.30. The Morgan fingerprint density at radius 3 is 2.33 bits per heavy atom. The SMILES string of the molecule is COc1ccc(NC(=O)c2ccc(-c3cnc(N4CCCCC4)nc3)cc2)cc1Cl. The second-order valence-corrected chi connectivity index (χ2v) is 7.61. The maximum Gasteiger partial charge on any atom is 0.255 e. The summed E-state index contributed by atoms with van der Waals surface area (Å²) in [6.07, 6.45) is 7.34. The molecule has 30 heavy (non-hydrogen) atoms. The molecule has 1 aromatic heterocycles. The number of rotatable bonds is 5. The lowest BCUT2D eigenvalue weighted by molar-refractivity contribution is 0.102. The van der Waals surface area contributed by atoms with E-state index in [1.54, 1.807) is 37.4 Å². The molecule has 1 fully saturated rings. The molecule has 0 bridgehead atoms. The van der Waals surface area contributed by atoms with E-state index in [1.165, 1.54) is 19.3 Å². The molecular formula is C23H23ClN4O2. The molecule has 7 heteroatoms. The van der Waals surface area contributed by atoms with E-state index in [4.69, 9.17) is 16.3 Å². The number of methoxy groups -OCH3 is 1. The molecule has 2 heterocycles. The Morgan fingerprint density at radius 1 is 1.00 bits per heavy atom. The maximum atomic E-state index is 12.5. The maximum absolute atomic E-state index is 12.5. The first-order chi connectivity index (χ1) is 14.6. The molecule has 1 aliphatic heterocycles. The zero-order valence-corrected chi connectivity index (χ0v) is 17.5. The van der Waals surface area contributed by atoms with Gasteiger partial charge in [-0.25, -0.2) is 9.97 Å². The van der Waals surface area contributed by atoms with Crippen molar-refractivity contribution in [2.45, 2.75) is 19.3 Å². The molecule has 3 aromatic rings. The van der Waals surface area contributed by atoms with Gasteiger partial charge in [-0.15, -0.1) is 0 Å². The summed E-state index contributed by atoms with van der Waals surface area (Å²) in [6.45, 7) is 2.03. The molecule has 154 valence electrons. The van der Waals surface area contributed by atoms with Gasteiger partial charge in [0.2, 0.25) is 5.95 Å². The van der Waals surface area contributed by atoms with Gasteiger partial charge in [-0.3, -0.25) is 4.79 Å². The molecule has 1 saturated heterocycles. The van der Waals surface area contributed by atoms with E-state index >= 15 is 0 Å². The number of amides is 1. The first-order valence-electron chi connectivity index (χ1n) is 9.96. The fourth-order valence-corrected chi connectivity index (χ4v) is 3.75. The van der Waals surface area contributed by atoms with Crippen LogP contribution in [0.4, 0.5) is 11.6 Å². The third-order valence-electron chi connectivity index (χ3n) is 5.17. The highest BCUT2D eigenvalue weighted by molar-refractivity contribution is 6.32. The normalized spacial score (nSPS) is 13.7. The highest BCUT2D eigenvalue weighted by Crippen LogP contribution is 2.27. The highest BCUT2D eigenvalue weighted by Gasteiger charge is 2.13. The van der Waals surface area contributed by atoms with Crippen LogP contribution in [0.3, 0.4) is 0 Å². The van der Waals surface area contributed by atoms with Crippen molar-refractivity contribution in [2.75, 3.05) is 30.4 Å². The highest BCUT2D eigenvalue weighted by atomic mass is 35.5. The largest absolute Gasteiger partial charge is 0.495 e. The van der Waals surface area contributed by atoms with Crippen LogP contribution >= 0.6 is 11.6 Å². The van der Waals surface area contributed by atoms with Crippen LogP contribution in [-0.4, -0.2) is 36.1 Å². The average Bonchev–Trinajstić information content (AvgIpc) is 2.80. The minimum absolute atomic E-state index is 0.209. The number of anilines is 2. The third kappa shape index (κ3) is 4.54. The smallest absolute Gasteiger partial charge is 0.255 e. The van der Waals surface area contributed by atoms with Crippen molar-refractivity contribution in [3.63, 3.8) is 0 Å². The summed E-state index contributed by atoms with van der Waals surface area (Å²) in [4.78, 5) is 23.8. The number of nitrogens with one attached hydrogen (secondary N) is 1. The van der Waals surface area contributed by atoms with Gasteiger partial charge in [-0.1, -0.05) is 23.7 Å². The van der Waals surface area contributed by atoms with Crippen LogP contribution in [0.1, 0.15) is 29.6 Å². The van der Waals surface area contributed by atoms with Crippen molar-refractivity contribution in [2.24, 2.45) is 0 Å². The number of carbonyl (C=O) groups excluding carboxylic acids is 1. The van der Waals surface area contributed by atoms with Crippen molar-refractivity contribution in [3.8, 4) is 16.9 Å². The van der Waals surface area contributed by atoms with Gasteiger partial charge in [-0.2, -0.15) is 0 Å². The van der Waals surface area contributed by atoms with Gasteiger partial charge in [0, 0.05) is 42.3 Å². The van der Waals surface area contributed by atoms with E-state index in [1.807, 2.05) is 24.5 Å². The van der Waals surface area contributed by atoms with E-state index in [0.717, 1.165) is 30.2 Å². The zero-order chi connectivity index (χ0) is 20.9. The van der Waals surface area contributed by atoms with Crippen LogP contribution in [0.5, 0.6) is 5.75 Å². The molecule has 0 radical (unpaired) electrons. The van der Waals surface area contributed by atoms with Crippen molar-refractivity contribution in [3.05, 3.63) is 65.4 Å². The summed E-state index contributed by atoms with van der Waals surface area (Å²) >= 11 is 6.12. The lowest BCUT2D eigenvalue weighted by atomic mass is 10.1. The Kier molecular flexibility index (Phi) is 6.14. The van der Waals surface area contributed by atoms with Crippen LogP contribution in [0.15, 0.2) is 54.9 Å². The van der Waals surface area contributed by atoms with Crippen LogP contribution in [0.2, 0.25) is 5.02 Å². The summed E-state index contributed by atoms with van der Waals surface area (Å²) < 4.78 is 5.13. The van der Waals surface area contributed by atoms with Crippen LogP contribution in [-0.2, 0) is 0 Å². The first-order valence-corrected chi connectivity index (χ1v) is 10.3. The second kappa shape index (κ2) is 9.13. The van der Waals surface area contributed by atoms with Crippen LogP contribution in [0.25, 0.3) is 11.1 Å². The number of aromatic nitrogens is 2. The minimum Gasteiger partial charge on any atom is -0.495 e. The third-order valence-corrected chi connectivity index (χ3v) is 5.46. The van der Waals surface area contributed by atoms with Crippen molar-refractivity contribution < 1.29 is 9.53 Å². The Morgan fingerprint density at radius 2 is 1.70 bits per heavy atom. The first kappa shape index (κ1) is 20.2. The zero-order valence-electron chi connectivity index (χ0n) is 16.8. The molecule has 0 unspecified atom stereocenters. The molecule has 4 rings (SSSR count). The topological polar surface area (TPSA) is 67.3 Å². The summed E-state index contributed by atoms with van der Waals surface area (Å²) in [7, 11) is 1.55. The standard InChI is InChI=1S/C23H23ClN4O2/c1-30-21-10-9-19(13-20(21)24)27-22(29)17-7-5-16(6-8-17)18-14-25-23(26-15-18)28-11-3-2-4-12-28/h5-10,13-15H,2-4,11-12H2,1H3,(H,27,29). The predicted octanol–water partition coefficient (Wildman–Crippen LogP) is 5.05. The monoisotopic (exact) mass is 422 g/mol.